The summed E-state index contributed by atoms with van der Waals surface area (Å²) in [5.41, 5.74) is 7.85. The van der Waals surface area contributed by atoms with Crippen molar-refractivity contribution in [1.82, 2.24) is 14.5 Å². The molecule has 0 radical (unpaired) electrons. The SMILES string of the molecule is CCCCCCCCCCCCCC1C=C(c2ccc(Cc3nc4c(Cc5ccc(C)cc5)[nH]c(-c5ccc(O)cc5)cn-4c3=O)cc2)C1=O. The van der Waals surface area contributed by atoms with Crippen LogP contribution in [-0.2, 0) is 17.6 Å². The number of hydrogen-bond donors (Lipinski definition) is 2. The number of rotatable bonds is 18. The second kappa shape index (κ2) is 16.8. The van der Waals surface area contributed by atoms with Gasteiger partial charge in [0.2, 0.25) is 0 Å². The van der Waals surface area contributed by atoms with Crippen LogP contribution in [0, 0.1) is 12.8 Å². The molecule has 2 aliphatic heterocycles. The quantitative estimate of drug-likeness (QED) is 0.0909. The lowest BCUT2D eigenvalue weighted by atomic mass is 9.78. The van der Waals surface area contributed by atoms with Crippen LogP contribution in [0.4, 0.5) is 0 Å². The first-order valence-electron chi connectivity index (χ1n) is 18.7. The van der Waals surface area contributed by atoms with Crippen LogP contribution in [0.3, 0.4) is 0 Å². The van der Waals surface area contributed by atoms with Crippen molar-refractivity contribution in [3.05, 3.63) is 129 Å². The highest BCUT2D eigenvalue weighted by atomic mass is 16.3. The summed E-state index contributed by atoms with van der Waals surface area (Å²) in [7, 11) is 0. The molecule has 3 aromatic rings. The van der Waals surface area contributed by atoms with Gasteiger partial charge in [0, 0.05) is 30.5 Å². The smallest absolute Gasteiger partial charge is 0.278 e. The zero-order chi connectivity index (χ0) is 34.9. The second-order valence-electron chi connectivity index (χ2n) is 14.2. The maximum atomic E-state index is 13.7. The number of imidazole rings is 1. The van der Waals surface area contributed by atoms with Crippen molar-refractivity contribution in [3.8, 4) is 22.8 Å². The van der Waals surface area contributed by atoms with Crippen LogP contribution < -0.4 is 5.56 Å². The number of phenols is 1. The van der Waals surface area contributed by atoms with Gasteiger partial charge in [0.25, 0.3) is 5.56 Å². The number of aromatic amines is 1. The number of aryl methyl sites for hydroxylation is 1. The number of ketones is 1. The Hall–Kier alpha value is -4.71. The predicted octanol–water partition coefficient (Wildman–Crippen LogP) is 10.1. The van der Waals surface area contributed by atoms with Gasteiger partial charge in [-0.05, 0) is 59.9 Å². The number of benzene rings is 3. The topological polar surface area (TPSA) is 88.0 Å². The highest BCUT2D eigenvalue weighted by Gasteiger charge is 2.30. The van der Waals surface area contributed by atoms with E-state index in [0.29, 0.717) is 24.4 Å². The highest BCUT2D eigenvalue weighted by Crippen LogP contribution is 2.34. The van der Waals surface area contributed by atoms with Crippen LogP contribution in [0.2, 0.25) is 0 Å². The zero-order valence-corrected chi connectivity index (χ0v) is 29.7. The maximum absolute atomic E-state index is 13.7. The van der Waals surface area contributed by atoms with E-state index in [1.807, 2.05) is 36.4 Å². The van der Waals surface area contributed by atoms with Crippen LogP contribution in [-0.4, -0.2) is 25.4 Å². The van der Waals surface area contributed by atoms with E-state index in [2.05, 4.69) is 49.2 Å². The number of nitrogens with zero attached hydrogens (tertiary/aromatic N) is 2. The van der Waals surface area contributed by atoms with Gasteiger partial charge in [0.15, 0.2) is 11.6 Å². The third-order valence-corrected chi connectivity index (χ3v) is 10.2. The third kappa shape index (κ3) is 8.71. The van der Waals surface area contributed by atoms with Gasteiger partial charge < -0.3 is 10.1 Å². The van der Waals surface area contributed by atoms with Gasteiger partial charge in [0.1, 0.15) is 11.4 Å². The Kier molecular flexibility index (Phi) is 11.8. The Morgan fingerprint density at radius 2 is 1.30 bits per heavy atom. The maximum Gasteiger partial charge on any atom is 0.278 e. The molecule has 2 heterocycles. The number of Topliss-reactive ketones (excluding diaryl/α,β-unsaturated/α-hetero) is 1. The fourth-order valence-electron chi connectivity index (χ4n) is 7.05. The molecule has 6 rings (SSSR count). The Morgan fingerprint density at radius 3 is 1.94 bits per heavy atom. The highest BCUT2D eigenvalue weighted by molar-refractivity contribution is 6.28. The van der Waals surface area contributed by atoms with Crippen molar-refractivity contribution in [3.63, 3.8) is 0 Å². The zero-order valence-electron chi connectivity index (χ0n) is 29.7. The molecule has 6 heteroatoms. The molecule has 1 atom stereocenters. The third-order valence-electron chi connectivity index (χ3n) is 10.2. The first-order chi connectivity index (χ1) is 24.4. The Balaban J connectivity index is 1.08. The minimum absolute atomic E-state index is 0.0571. The summed E-state index contributed by atoms with van der Waals surface area (Å²) in [5.74, 6) is 1.11. The number of fused-ring (bicyclic) bond motifs is 1. The summed E-state index contributed by atoms with van der Waals surface area (Å²) in [6.45, 7) is 4.33. The minimum Gasteiger partial charge on any atom is -0.508 e. The fraction of sp³-hybridized carbons (Fsp3) is 0.386. The molecule has 6 nitrogen and oxygen atoms in total. The summed E-state index contributed by atoms with van der Waals surface area (Å²) in [6, 6.07) is 23.3. The number of hydrogen-bond acceptors (Lipinski definition) is 4. The molecule has 2 N–H and O–H groups in total. The molecule has 3 aliphatic rings. The van der Waals surface area contributed by atoms with E-state index in [9.17, 15) is 14.7 Å². The molecule has 1 aliphatic carbocycles. The lowest BCUT2D eigenvalue weighted by Crippen LogP contribution is -2.23. The number of carbonyl (C=O) groups excluding carboxylic acids is 1. The largest absolute Gasteiger partial charge is 0.508 e. The van der Waals surface area contributed by atoms with Crippen molar-refractivity contribution < 1.29 is 9.90 Å². The van der Waals surface area contributed by atoms with E-state index in [1.54, 1.807) is 22.9 Å². The first kappa shape index (κ1) is 35.1. The second-order valence-corrected chi connectivity index (χ2v) is 14.2. The molecule has 0 aromatic heterocycles. The van der Waals surface area contributed by atoms with Gasteiger partial charge in [-0.3, -0.25) is 14.2 Å². The molecule has 260 valence electrons. The molecule has 0 amide bonds. The molecule has 1 unspecified atom stereocenters. The first-order valence-corrected chi connectivity index (χ1v) is 18.7. The van der Waals surface area contributed by atoms with E-state index in [-0.39, 0.29) is 23.0 Å². The van der Waals surface area contributed by atoms with Crippen LogP contribution >= 0.6 is 0 Å². The number of aromatic hydroxyl groups is 1. The van der Waals surface area contributed by atoms with Crippen LogP contribution in [0.1, 0.15) is 118 Å². The standard InChI is InChI=1S/C44H51N3O3/c1-3-4-5-6-7-8-9-10-11-12-13-14-36-29-38(42(36)49)34-21-19-33(20-22-34)28-40-44(50)47-30-41(35-23-25-37(48)26-24-35)45-39(43(47)46-40)27-32-17-15-31(2)16-18-32/h15-26,29-30,36,45,48H,3-14,27-28H2,1-2H3. The van der Waals surface area contributed by atoms with Crippen LogP contribution in [0.25, 0.3) is 22.6 Å². The van der Waals surface area contributed by atoms with Crippen LogP contribution in [0.15, 0.2) is 89.9 Å². The monoisotopic (exact) mass is 669 g/mol. The summed E-state index contributed by atoms with van der Waals surface area (Å²) in [6.07, 6.45) is 20.3. The molecular formula is C44H51N3O3. The van der Waals surface area contributed by atoms with Crippen molar-refractivity contribution in [2.24, 2.45) is 5.92 Å². The normalized spacial score (nSPS) is 14.2. The van der Waals surface area contributed by atoms with Crippen molar-refractivity contribution in [2.45, 2.75) is 104 Å². The lowest BCUT2D eigenvalue weighted by molar-refractivity contribution is -0.117. The van der Waals surface area contributed by atoms with Crippen molar-refractivity contribution in [2.75, 3.05) is 0 Å². The van der Waals surface area contributed by atoms with Gasteiger partial charge in [-0.15, -0.1) is 0 Å². The average Bonchev–Trinajstić information content (AvgIpc) is 3.44. The Bertz CT molecular complexity index is 1910. The van der Waals surface area contributed by atoms with Gasteiger partial charge in [0.05, 0.1) is 11.4 Å². The molecule has 0 fully saturated rings. The fourth-order valence-corrected chi connectivity index (χ4v) is 7.05. The average molecular weight is 670 g/mol. The molecule has 0 saturated heterocycles. The summed E-state index contributed by atoms with van der Waals surface area (Å²) < 4.78 is 1.64. The summed E-state index contributed by atoms with van der Waals surface area (Å²) in [4.78, 5) is 35.1. The van der Waals surface area contributed by atoms with Gasteiger partial charge in [-0.1, -0.05) is 138 Å². The number of allylic oxidation sites excluding steroid dienone is 2. The molecular weight excluding hydrogens is 619 g/mol. The van der Waals surface area contributed by atoms with Crippen LogP contribution in [0.5, 0.6) is 5.75 Å². The van der Waals surface area contributed by atoms with E-state index in [4.69, 9.17) is 4.98 Å². The van der Waals surface area contributed by atoms with Gasteiger partial charge in [-0.2, -0.15) is 0 Å². The van der Waals surface area contributed by atoms with E-state index >= 15 is 0 Å². The van der Waals surface area contributed by atoms with E-state index in [1.165, 1.54) is 69.8 Å². The number of carbonyl (C=O) groups is 1. The molecule has 50 heavy (non-hydrogen) atoms. The van der Waals surface area contributed by atoms with Crippen molar-refractivity contribution in [1.29, 1.82) is 0 Å². The Morgan fingerprint density at radius 1 is 0.720 bits per heavy atom. The number of aromatic nitrogens is 3. The predicted molar refractivity (Wildman–Crippen MR) is 203 cm³/mol. The number of nitrogens with one attached hydrogen (secondary N) is 1. The van der Waals surface area contributed by atoms with E-state index < -0.39 is 0 Å². The molecule has 0 spiro atoms. The number of phenolic OH excluding ortho intramolecular Hbond substituents is 1. The summed E-state index contributed by atoms with van der Waals surface area (Å²) in [5, 5.41) is 9.82. The van der Waals surface area contributed by atoms with Crippen molar-refractivity contribution >= 4 is 11.4 Å². The minimum atomic E-state index is -0.148. The Labute approximate surface area is 296 Å². The summed E-state index contributed by atoms with van der Waals surface area (Å²) >= 11 is 0. The van der Waals surface area contributed by atoms with Gasteiger partial charge >= 0.3 is 0 Å². The van der Waals surface area contributed by atoms with Gasteiger partial charge in [-0.25, -0.2) is 4.98 Å². The number of unbranched alkanes of at least 4 members (excludes halogenated alkanes) is 10. The van der Waals surface area contributed by atoms with E-state index in [0.717, 1.165) is 52.1 Å². The lowest BCUT2D eigenvalue weighted by Gasteiger charge is -2.24. The molecule has 3 aromatic carbocycles. The number of H-pyrrole nitrogens is 1. The molecule has 0 saturated carbocycles. The molecule has 0 bridgehead atoms.